The van der Waals surface area contributed by atoms with Gasteiger partial charge in [0.25, 0.3) is 5.69 Å². The molecule has 112 valence electrons. The van der Waals surface area contributed by atoms with Gasteiger partial charge in [0.15, 0.2) is 0 Å². The lowest BCUT2D eigenvalue weighted by molar-refractivity contribution is -0.385. The van der Waals surface area contributed by atoms with Crippen LogP contribution in [0.5, 0.6) is 0 Å². The summed E-state index contributed by atoms with van der Waals surface area (Å²) in [5.74, 6) is -0.385. The quantitative estimate of drug-likeness (QED) is 0.497. The van der Waals surface area contributed by atoms with E-state index in [0.29, 0.717) is 5.56 Å². The van der Waals surface area contributed by atoms with Crippen LogP contribution >= 0.6 is 0 Å². The number of benzene rings is 1. The van der Waals surface area contributed by atoms with Crippen molar-refractivity contribution in [2.75, 3.05) is 0 Å². The fourth-order valence-corrected chi connectivity index (χ4v) is 1.76. The first kappa shape index (κ1) is 15.2. The molecule has 1 amide bonds. The molecule has 0 spiro atoms. The first-order chi connectivity index (χ1) is 10.6. The topological polar surface area (TPSA) is 105 Å². The highest BCUT2D eigenvalue weighted by Gasteiger charge is 2.09. The van der Waals surface area contributed by atoms with E-state index in [0.717, 1.165) is 5.56 Å². The van der Waals surface area contributed by atoms with Gasteiger partial charge in [-0.15, -0.1) is 0 Å². The van der Waals surface area contributed by atoms with E-state index in [-0.39, 0.29) is 23.7 Å². The minimum atomic E-state index is -0.502. The summed E-state index contributed by atoms with van der Waals surface area (Å²) in [7, 11) is 0. The lowest BCUT2D eigenvalue weighted by atomic mass is 10.1. The van der Waals surface area contributed by atoms with Crippen LogP contribution < -0.4 is 10.9 Å². The fraction of sp³-hybridized carbons (Fsp3) is 0.0667. The van der Waals surface area contributed by atoms with Crippen LogP contribution in [-0.2, 0) is 11.3 Å². The molecule has 1 aromatic heterocycles. The van der Waals surface area contributed by atoms with Crippen LogP contribution in [-0.4, -0.2) is 15.8 Å². The van der Waals surface area contributed by atoms with E-state index in [2.05, 4.69) is 10.3 Å². The standard InChI is InChI=1S/C15H13N3O4/c19-14-7-5-11(9-16-14)10-17-15(20)8-6-12-3-1-2-4-13(12)18(21)22/h1-9H,10H2,(H,16,19)(H,17,20). The molecule has 0 fully saturated rings. The average molecular weight is 299 g/mol. The molecule has 7 heteroatoms. The zero-order valence-corrected chi connectivity index (χ0v) is 11.5. The summed E-state index contributed by atoms with van der Waals surface area (Å²) in [5.41, 5.74) is 0.817. The smallest absolute Gasteiger partial charge is 0.276 e. The van der Waals surface area contributed by atoms with E-state index in [1.807, 2.05) is 0 Å². The van der Waals surface area contributed by atoms with E-state index >= 15 is 0 Å². The van der Waals surface area contributed by atoms with Crippen molar-refractivity contribution in [3.63, 3.8) is 0 Å². The number of carbonyl (C=O) groups is 1. The molecule has 2 N–H and O–H groups in total. The molecule has 0 radical (unpaired) electrons. The maximum atomic E-state index is 11.7. The maximum absolute atomic E-state index is 11.7. The van der Waals surface area contributed by atoms with Crippen molar-refractivity contribution in [3.05, 3.63) is 80.3 Å². The Kier molecular flexibility index (Phi) is 4.81. The number of hydrogen-bond acceptors (Lipinski definition) is 4. The van der Waals surface area contributed by atoms with E-state index in [1.165, 1.54) is 30.5 Å². The van der Waals surface area contributed by atoms with Crippen LogP contribution in [0.3, 0.4) is 0 Å². The van der Waals surface area contributed by atoms with Crippen molar-refractivity contribution < 1.29 is 9.72 Å². The van der Waals surface area contributed by atoms with Crippen LogP contribution in [0, 0.1) is 10.1 Å². The molecule has 2 aromatic rings. The zero-order valence-electron chi connectivity index (χ0n) is 11.5. The van der Waals surface area contributed by atoms with Crippen LogP contribution in [0.1, 0.15) is 11.1 Å². The van der Waals surface area contributed by atoms with Gasteiger partial charge in [-0.3, -0.25) is 19.7 Å². The predicted molar refractivity (Wildman–Crippen MR) is 81.0 cm³/mol. The van der Waals surface area contributed by atoms with E-state index in [9.17, 15) is 19.7 Å². The second kappa shape index (κ2) is 6.98. The number of para-hydroxylation sites is 1. The van der Waals surface area contributed by atoms with Gasteiger partial charge in [0, 0.05) is 31.0 Å². The highest BCUT2D eigenvalue weighted by Crippen LogP contribution is 2.18. The monoisotopic (exact) mass is 299 g/mol. The Morgan fingerprint density at radius 3 is 2.73 bits per heavy atom. The molecule has 0 aliphatic carbocycles. The number of H-pyrrole nitrogens is 1. The van der Waals surface area contributed by atoms with Crippen molar-refractivity contribution in [2.45, 2.75) is 6.54 Å². The zero-order chi connectivity index (χ0) is 15.9. The predicted octanol–water partition coefficient (Wildman–Crippen LogP) is 1.61. The lowest BCUT2D eigenvalue weighted by Gasteiger charge is -2.01. The Balaban J connectivity index is 1.98. The normalized spacial score (nSPS) is 10.5. The second-order valence-electron chi connectivity index (χ2n) is 4.43. The minimum Gasteiger partial charge on any atom is -0.348 e. The molecule has 0 bridgehead atoms. The molecular formula is C15H13N3O4. The highest BCUT2D eigenvalue weighted by atomic mass is 16.6. The largest absolute Gasteiger partial charge is 0.348 e. The number of carbonyl (C=O) groups excluding carboxylic acids is 1. The van der Waals surface area contributed by atoms with Gasteiger partial charge < -0.3 is 10.3 Å². The molecule has 0 aliphatic rings. The van der Waals surface area contributed by atoms with Gasteiger partial charge in [0.2, 0.25) is 11.5 Å². The van der Waals surface area contributed by atoms with Crippen molar-refractivity contribution in [1.82, 2.24) is 10.3 Å². The van der Waals surface area contributed by atoms with Crippen LogP contribution in [0.2, 0.25) is 0 Å². The molecule has 0 atom stereocenters. The summed E-state index contributed by atoms with van der Waals surface area (Å²) in [6.45, 7) is 0.247. The number of nitro benzene ring substituents is 1. The summed E-state index contributed by atoms with van der Waals surface area (Å²) in [5, 5.41) is 13.5. The Hall–Kier alpha value is -3.22. The average Bonchev–Trinajstić information content (AvgIpc) is 2.52. The van der Waals surface area contributed by atoms with Gasteiger partial charge in [0.1, 0.15) is 0 Å². The summed E-state index contributed by atoms with van der Waals surface area (Å²) >= 11 is 0. The Morgan fingerprint density at radius 2 is 2.05 bits per heavy atom. The van der Waals surface area contributed by atoms with E-state index in [4.69, 9.17) is 0 Å². The number of hydrogen-bond donors (Lipinski definition) is 2. The molecule has 1 heterocycles. The van der Waals surface area contributed by atoms with Gasteiger partial charge in [0.05, 0.1) is 10.5 Å². The highest BCUT2D eigenvalue weighted by molar-refractivity contribution is 5.92. The third-order valence-electron chi connectivity index (χ3n) is 2.86. The number of pyridine rings is 1. The number of aromatic nitrogens is 1. The second-order valence-corrected chi connectivity index (χ2v) is 4.43. The van der Waals surface area contributed by atoms with Crippen molar-refractivity contribution >= 4 is 17.7 Å². The first-order valence-corrected chi connectivity index (χ1v) is 6.43. The molecule has 0 aliphatic heterocycles. The van der Waals surface area contributed by atoms with Gasteiger partial charge in [-0.2, -0.15) is 0 Å². The van der Waals surface area contributed by atoms with Gasteiger partial charge in [-0.05, 0) is 17.7 Å². The SMILES string of the molecule is O=C(C=Cc1ccccc1[N+](=O)[O-])NCc1ccc(=O)[nH]c1. The molecule has 0 saturated heterocycles. The fourth-order valence-electron chi connectivity index (χ4n) is 1.76. The summed E-state index contributed by atoms with van der Waals surface area (Å²) in [6, 6.07) is 9.12. The van der Waals surface area contributed by atoms with Crippen molar-refractivity contribution in [2.24, 2.45) is 0 Å². The summed E-state index contributed by atoms with van der Waals surface area (Å²) < 4.78 is 0. The molecule has 7 nitrogen and oxygen atoms in total. The molecule has 1 aromatic carbocycles. The molecule has 0 saturated carbocycles. The number of amides is 1. The van der Waals surface area contributed by atoms with E-state index < -0.39 is 4.92 Å². The summed E-state index contributed by atoms with van der Waals surface area (Å²) in [4.78, 5) is 35.4. The third-order valence-corrected chi connectivity index (χ3v) is 2.86. The molecule has 2 rings (SSSR count). The van der Waals surface area contributed by atoms with Crippen LogP contribution in [0.4, 0.5) is 5.69 Å². The third kappa shape index (κ3) is 4.14. The van der Waals surface area contributed by atoms with E-state index in [1.54, 1.807) is 24.3 Å². The number of nitrogens with one attached hydrogen (secondary N) is 2. The van der Waals surface area contributed by atoms with Gasteiger partial charge in [-0.1, -0.05) is 18.2 Å². The number of rotatable bonds is 5. The molecular weight excluding hydrogens is 286 g/mol. The number of aromatic amines is 1. The summed E-state index contributed by atoms with van der Waals surface area (Å²) in [6.07, 6.45) is 4.13. The molecule has 0 unspecified atom stereocenters. The minimum absolute atomic E-state index is 0.0628. The van der Waals surface area contributed by atoms with Crippen LogP contribution in [0.25, 0.3) is 6.08 Å². The van der Waals surface area contributed by atoms with Crippen molar-refractivity contribution in [3.8, 4) is 0 Å². The Bertz CT molecular complexity index is 760. The first-order valence-electron chi connectivity index (χ1n) is 6.43. The maximum Gasteiger partial charge on any atom is 0.276 e. The van der Waals surface area contributed by atoms with Crippen molar-refractivity contribution in [1.29, 1.82) is 0 Å². The Morgan fingerprint density at radius 1 is 1.27 bits per heavy atom. The Labute approximate surface area is 125 Å². The number of nitro groups is 1. The van der Waals surface area contributed by atoms with Gasteiger partial charge >= 0.3 is 0 Å². The number of nitrogens with zero attached hydrogens (tertiary/aromatic N) is 1. The molecule has 22 heavy (non-hydrogen) atoms. The van der Waals surface area contributed by atoms with Crippen LogP contribution in [0.15, 0.2) is 53.5 Å². The van der Waals surface area contributed by atoms with Gasteiger partial charge in [-0.25, -0.2) is 0 Å². The lowest BCUT2D eigenvalue weighted by Crippen LogP contribution is -2.20.